The van der Waals surface area contributed by atoms with Gasteiger partial charge in [0.2, 0.25) is 0 Å². The Balaban J connectivity index is 2.16. The van der Waals surface area contributed by atoms with Crippen LogP contribution in [0.15, 0.2) is 12.1 Å². The first-order chi connectivity index (χ1) is 7.68. The van der Waals surface area contributed by atoms with E-state index in [1.165, 1.54) is 18.9 Å². The normalized spacial score (nSPS) is 21.0. The summed E-state index contributed by atoms with van der Waals surface area (Å²) in [5.41, 5.74) is 1.20. The average molecular weight is 223 g/mol. The summed E-state index contributed by atoms with van der Waals surface area (Å²) >= 11 is 0. The summed E-state index contributed by atoms with van der Waals surface area (Å²) in [5, 5.41) is 13.2. The number of rotatable bonds is 2. The van der Waals surface area contributed by atoms with Crippen LogP contribution in [0, 0.1) is 12.7 Å². The number of halogens is 1. The van der Waals surface area contributed by atoms with Gasteiger partial charge in [-0.15, -0.1) is 0 Å². The summed E-state index contributed by atoms with van der Waals surface area (Å²) in [7, 11) is 0. The third-order valence-electron chi connectivity index (χ3n) is 3.29. The van der Waals surface area contributed by atoms with Gasteiger partial charge in [0, 0.05) is 11.6 Å². The molecule has 2 nitrogen and oxygen atoms in total. The minimum atomic E-state index is -0.296. The van der Waals surface area contributed by atoms with Crippen LogP contribution in [-0.4, -0.2) is 17.7 Å². The van der Waals surface area contributed by atoms with Gasteiger partial charge in [0.15, 0.2) is 0 Å². The van der Waals surface area contributed by atoms with E-state index in [2.05, 4.69) is 5.32 Å². The molecule has 2 N–H and O–H groups in total. The van der Waals surface area contributed by atoms with Crippen molar-refractivity contribution < 1.29 is 9.50 Å². The summed E-state index contributed by atoms with van der Waals surface area (Å²) in [6, 6.07) is 3.35. The van der Waals surface area contributed by atoms with Crippen LogP contribution in [0.3, 0.4) is 0 Å². The Morgan fingerprint density at radius 1 is 1.44 bits per heavy atom. The Bertz CT molecular complexity index is 372. The fourth-order valence-electron chi connectivity index (χ4n) is 2.27. The standard InChI is InChI=1S/C13H18FNO/c1-9-5-6-12(14)11(13(9)16)8-10-4-2-3-7-15-10/h5-6,10,15-16H,2-4,7-8H2,1H3. The largest absolute Gasteiger partial charge is 0.507 e. The Hall–Kier alpha value is -1.09. The average Bonchev–Trinajstić information content (AvgIpc) is 2.31. The lowest BCUT2D eigenvalue weighted by atomic mass is 9.96. The molecule has 1 heterocycles. The van der Waals surface area contributed by atoms with Crippen LogP contribution in [0.2, 0.25) is 0 Å². The van der Waals surface area contributed by atoms with Crippen molar-refractivity contribution in [2.45, 2.75) is 38.6 Å². The molecule has 0 aromatic heterocycles. The van der Waals surface area contributed by atoms with Crippen molar-refractivity contribution in [3.63, 3.8) is 0 Å². The van der Waals surface area contributed by atoms with E-state index in [0.717, 1.165) is 18.5 Å². The van der Waals surface area contributed by atoms with Crippen molar-refractivity contribution in [1.29, 1.82) is 0 Å². The first kappa shape index (κ1) is 11.4. The van der Waals surface area contributed by atoms with Gasteiger partial charge >= 0.3 is 0 Å². The Labute approximate surface area is 95.5 Å². The molecule has 0 amide bonds. The van der Waals surface area contributed by atoms with E-state index in [1.54, 1.807) is 13.0 Å². The van der Waals surface area contributed by atoms with Crippen LogP contribution in [0.25, 0.3) is 0 Å². The molecule has 0 spiro atoms. The fraction of sp³-hybridized carbons (Fsp3) is 0.538. The SMILES string of the molecule is Cc1ccc(F)c(CC2CCCCN2)c1O. The van der Waals surface area contributed by atoms with Crippen molar-refractivity contribution in [1.82, 2.24) is 5.32 Å². The summed E-state index contributed by atoms with van der Waals surface area (Å²) in [6.45, 7) is 2.80. The zero-order valence-corrected chi connectivity index (χ0v) is 9.59. The molecule has 1 fully saturated rings. The van der Waals surface area contributed by atoms with E-state index in [4.69, 9.17) is 0 Å². The Kier molecular flexibility index (Phi) is 3.44. The summed E-state index contributed by atoms with van der Waals surface area (Å²) < 4.78 is 13.6. The van der Waals surface area contributed by atoms with Gasteiger partial charge in [-0.25, -0.2) is 4.39 Å². The molecule has 0 radical (unpaired) electrons. The van der Waals surface area contributed by atoms with Gasteiger partial charge in [-0.05, 0) is 44.4 Å². The van der Waals surface area contributed by atoms with Gasteiger partial charge < -0.3 is 10.4 Å². The molecule has 1 aromatic rings. The second-order valence-corrected chi connectivity index (χ2v) is 4.54. The van der Waals surface area contributed by atoms with Gasteiger partial charge in [0.1, 0.15) is 11.6 Å². The maximum Gasteiger partial charge on any atom is 0.130 e. The van der Waals surface area contributed by atoms with E-state index in [1.807, 2.05) is 0 Å². The molecule has 3 heteroatoms. The molecule has 16 heavy (non-hydrogen) atoms. The van der Waals surface area contributed by atoms with Crippen LogP contribution < -0.4 is 5.32 Å². The Morgan fingerprint density at radius 2 is 2.25 bits per heavy atom. The predicted molar refractivity (Wildman–Crippen MR) is 62.1 cm³/mol. The summed E-state index contributed by atoms with van der Waals surface area (Å²) in [6.07, 6.45) is 4.02. The molecule has 2 rings (SSSR count). The molecule has 0 saturated carbocycles. The van der Waals surface area contributed by atoms with E-state index in [0.29, 0.717) is 18.0 Å². The van der Waals surface area contributed by atoms with Crippen LogP contribution in [0.1, 0.15) is 30.4 Å². The van der Waals surface area contributed by atoms with Crippen molar-refractivity contribution in [3.8, 4) is 5.75 Å². The van der Waals surface area contributed by atoms with Crippen molar-refractivity contribution in [2.75, 3.05) is 6.54 Å². The van der Waals surface area contributed by atoms with E-state index < -0.39 is 0 Å². The predicted octanol–water partition coefficient (Wildman–Crippen LogP) is 2.52. The second kappa shape index (κ2) is 4.83. The zero-order chi connectivity index (χ0) is 11.5. The quantitative estimate of drug-likeness (QED) is 0.807. The van der Waals surface area contributed by atoms with Crippen LogP contribution in [0.5, 0.6) is 5.75 Å². The van der Waals surface area contributed by atoms with Crippen molar-refractivity contribution >= 4 is 0 Å². The smallest absolute Gasteiger partial charge is 0.130 e. The maximum atomic E-state index is 13.6. The third kappa shape index (κ3) is 2.35. The molecule has 0 bridgehead atoms. The number of nitrogens with one attached hydrogen (secondary N) is 1. The molecule has 1 atom stereocenters. The maximum absolute atomic E-state index is 13.6. The highest BCUT2D eigenvalue weighted by Crippen LogP contribution is 2.27. The summed E-state index contributed by atoms with van der Waals surface area (Å²) in [4.78, 5) is 0. The van der Waals surface area contributed by atoms with E-state index in [9.17, 15) is 9.50 Å². The van der Waals surface area contributed by atoms with Gasteiger partial charge in [-0.3, -0.25) is 0 Å². The lowest BCUT2D eigenvalue weighted by molar-refractivity contribution is 0.385. The van der Waals surface area contributed by atoms with Gasteiger partial charge in [-0.1, -0.05) is 12.5 Å². The monoisotopic (exact) mass is 223 g/mol. The van der Waals surface area contributed by atoms with E-state index >= 15 is 0 Å². The summed E-state index contributed by atoms with van der Waals surface area (Å²) in [5.74, 6) is -0.178. The van der Waals surface area contributed by atoms with Crippen molar-refractivity contribution in [2.24, 2.45) is 0 Å². The van der Waals surface area contributed by atoms with Crippen LogP contribution in [0.4, 0.5) is 4.39 Å². The molecule has 1 aromatic carbocycles. The fourth-order valence-corrected chi connectivity index (χ4v) is 2.27. The number of hydrogen-bond donors (Lipinski definition) is 2. The molecular formula is C13H18FNO. The minimum Gasteiger partial charge on any atom is -0.507 e. The lowest BCUT2D eigenvalue weighted by Crippen LogP contribution is -2.35. The van der Waals surface area contributed by atoms with Crippen LogP contribution in [-0.2, 0) is 6.42 Å². The van der Waals surface area contributed by atoms with E-state index in [-0.39, 0.29) is 11.6 Å². The molecule has 0 aliphatic carbocycles. The first-order valence-corrected chi connectivity index (χ1v) is 5.89. The number of aromatic hydroxyl groups is 1. The van der Waals surface area contributed by atoms with Crippen LogP contribution >= 0.6 is 0 Å². The van der Waals surface area contributed by atoms with Gasteiger partial charge in [-0.2, -0.15) is 0 Å². The molecule has 88 valence electrons. The first-order valence-electron chi connectivity index (χ1n) is 5.89. The highest BCUT2D eigenvalue weighted by atomic mass is 19.1. The zero-order valence-electron chi connectivity index (χ0n) is 9.59. The minimum absolute atomic E-state index is 0.118. The number of hydrogen-bond acceptors (Lipinski definition) is 2. The van der Waals surface area contributed by atoms with Gasteiger partial charge in [0.25, 0.3) is 0 Å². The molecule has 1 aliphatic heterocycles. The molecule has 1 unspecified atom stereocenters. The number of phenols is 1. The highest BCUT2D eigenvalue weighted by Gasteiger charge is 2.18. The van der Waals surface area contributed by atoms with Gasteiger partial charge in [0.05, 0.1) is 0 Å². The van der Waals surface area contributed by atoms with Crippen molar-refractivity contribution in [3.05, 3.63) is 29.1 Å². The third-order valence-corrected chi connectivity index (χ3v) is 3.29. The number of aryl methyl sites for hydroxylation is 1. The number of piperidine rings is 1. The molecular weight excluding hydrogens is 205 g/mol. The second-order valence-electron chi connectivity index (χ2n) is 4.54. The Morgan fingerprint density at radius 3 is 2.94 bits per heavy atom. The number of benzene rings is 1. The lowest BCUT2D eigenvalue weighted by Gasteiger charge is -2.24. The highest BCUT2D eigenvalue weighted by molar-refractivity contribution is 5.40. The topological polar surface area (TPSA) is 32.3 Å². The number of phenolic OH excluding ortho intramolecular Hbond substituents is 1. The molecule has 1 aliphatic rings. The molecule has 1 saturated heterocycles.